The van der Waals surface area contributed by atoms with Crippen LogP contribution in [0.3, 0.4) is 0 Å². The molecule has 32 heavy (non-hydrogen) atoms. The van der Waals surface area contributed by atoms with E-state index >= 15 is 0 Å². The van der Waals surface area contributed by atoms with Crippen LogP contribution in [-0.2, 0) is 19.6 Å². The zero-order valence-electron chi connectivity index (χ0n) is 17.9. The number of anilines is 2. The van der Waals surface area contributed by atoms with Crippen LogP contribution in [0, 0.1) is 0 Å². The Bertz CT molecular complexity index is 1070. The maximum Gasteiger partial charge on any atom is 0.253 e. The van der Waals surface area contributed by atoms with Gasteiger partial charge < -0.3 is 15.4 Å². The first kappa shape index (κ1) is 24.0. The largest absolute Gasteiger partial charge is 0.376 e. The van der Waals surface area contributed by atoms with E-state index < -0.39 is 22.0 Å². The van der Waals surface area contributed by atoms with Gasteiger partial charge in [0, 0.05) is 18.2 Å². The number of benzene rings is 2. The normalized spacial score (nSPS) is 16.9. The van der Waals surface area contributed by atoms with Gasteiger partial charge in [-0.3, -0.25) is 13.9 Å². The van der Waals surface area contributed by atoms with Crippen molar-refractivity contribution in [2.24, 2.45) is 0 Å². The zero-order valence-corrected chi connectivity index (χ0v) is 19.4. The van der Waals surface area contributed by atoms with Crippen LogP contribution in [0.15, 0.2) is 48.5 Å². The summed E-state index contributed by atoms with van der Waals surface area (Å²) in [6, 6.07) is 11.6. The summed E-state index contributed by atoms with van der Waals surface area (Å²) in [7, 11) is -3.78. The van der Waals surface area contributed by atoms with E-state index in [0.29, 0.717) is 29.5 Å². The maximum atomic E-state index is 13.0. The Balaban J connectivity index is 1.76. The smallest absolute Gasteiger partial charge is 0.253 e. The second-order valence-electron chi connectivity index (χ2n) is 7.59. The Morgan fingerprint density at radius 3 is 2.50 bits per heavy atom. The van der Waals surface area contributed by atoms with E-state index in [1.54, 1.807) is 36.4 Å². The Morgan fingerprint density at radius 2 is 1.88 bits per heavy atom. The molecule has 0 aliphatic carbocycles. The number of sulfonamides is 1. The molecule has 1 saturated heterocycles. The Morgan fingerprint density at radius 1 is 1.19 bits per heavy atom. The molecule has 0 bridgehead atoms. The van der Waals surface area contributed by atoms with Gasteiger partial charge in [-0.2, -0.15) is 0 Å². The van der Waals surface area contributed by atoms with Gasteiger partial charge in [0.2, 0.25) is 15.9 Å². The van der Waals surface area contributed by atoms with Crippen molar-refractivity contribution in [2.75, 3.05) is 29.0 Å². The highest BCUT2D eigenvalue weighted by Crippen LogP contribution is 2.24. The number of hydrogen-bond acceptors (Lipinski definition) is 5. The Kier molecular flexibility index (Phi) is 7.76. The molecular formula is C22H26ClN3O5S. The SMILES string of the molecule is C[C@@H](C(=O)Nc1ccccc1C(=O)NC[C@H]1CCCO1)N(c1ccc(Cl)cc1)S(C)(=O)=O. The highest BCUT2D eigenvalue weighted by Gasteiger charge is 2.30. The molecule has 1 aliphatic rings. The minimum absolute atomic E-state index is 0.0107. The number of amides is 2. The summed E-state index contributed by atoms with van der Waals surface area (Å²) in [6.07, 6.45) is 2.87. The van der Waals surface area contributed by atoms with E-state index in [2.05, 4.69) is 10.6 Å². The lowest BCUT2D eigenvalue weighted by molar-refractivity contribution is -0.116. The minimum Gasteiger partial charge on any atom is -0.376 e. The average Bonchev–Trinajstić information content (AvgIpc) is 3.26. The van der Waals surface area contributed by atoms with Crippen molar-refractivity contribution in [1.82, 2.24) is 5.32 Å². The van der Waals surface area contributed by atoms with Crippen molar-refractivity contribution >= 4 is 44.8 Å². The van der Waals surface area contributed by atoms with Gasteiger partial charge in [-0.25, -0.2) is 8.42 Å². The van der Waals surface area contributed by atoms with Gasteiger partial charge in [-0.15, -0.1) is 0 Å². The number of nitrogens with zero attached hydrogens (tertiary/aromatic N) is 1. The van der Waals surface area contributed by atoms with Crippen molar-refractivity contribution in [3.63, 3.8) is 0 Å². The van der Waals surface area contributed by atoms with E-state index in [0.717, 1.165) is 23.4 Å². The molecule has 2 amide bonds. The predicted molar refractivity (Wildman–Crippen MR) is 125 cm³/mol. The summed E-state index contributed by atoms with van der Waals surface area (Å²) in [5, 5.41) is 5.96. The first-order chi connectivity index (χ1) is 15.2. The molecule has 1 fully saturated rings. The van der Waals surface area contributed by atoms with Crippen molar-refractivity contribution in [3.8, 4) is 0 Å². The number of ether oxygens (including phenoxy) is 1. The van der Waals surface area contributed by atoms with Gasteiger partial charge in [0.05, 0.1) is 29.3 Å². The summed E-state index contributed by atoms with van der Waals surface area (Å²) in [5.41, 5.74) is 0.879. The molecule has 2 aromatic rings. The monoisotopic (exact) mass is 479 g/mol. The van der Waals surface area contributed by atoms with Crippen LogP contribution in [0.5, 0.6) is 0 Å². The van der Waals surface area contributed by atoms with E-state index in [1.165, 1.54) is 19.1 Å². The predicted octanol–water partition coefficient (Wildman–Crippen LogP) is 3.04. The van der Waals surface area contributed by atoms with Crippen LogP contribution in [-0.4, -0.2) is 51.8 Å². The van der Waals surface area contributed by atoms with Crippen molar-refractivity contribution in [1.29, 1.82) is 0 Å². The summed E-state index contributed by atoms with van der Waals surface area (Å²) in [4.78, 5) is 25.7. The molecule has 3 rings (SSSR count). The van der Waals surface area contributed by atoms with Gasteiger partial charge in [-0.1, -0.05) is 23.7 Å². The second kappa shape index (κ2) is 10.3. The van der Waals surface area contributed by atoms with Gasteiger partial charge >= 0.3 is 0 Å². The average molecular weight is 480 g/mol. The van der Waals surface area contributed by atoms with Crippen LogP contribution < -0.4 is 14.9 Å². The number of carbonyl (C=O) groups excluding carboxylic acids is 2. The number of halogens is 1. The molecule has 2 aromatic carbocycles. The third kappa shape index (κ3) is 5.99. The molecule has 0 saturated carbocycles. The van der Waals surface area contributed by atoms with Gasteiger partial charge in [-0.05, 0) is 56.2 Å². The summed E-state index contributed by atoms with van der Waals surface area (Å²) in [5.74, 6) is -0.925. The molecule has 0 radical (unpaired) electrons. The number of nitrogens with one attached hydrogen (secondary N) is 2. The molecule has 1 aliphatic heterocycles. The van der Waals surface area contributed by atoms with Crippen molar-refractivity contribution < 1.29 is 22.7 Å². The molecule has 1 heterocycles. The first-order valence-electron chi connectivity index (χ1n) is 10.2. The zero-order chi connectivity index (χ0) is 23.3. The second-order valence-corrected chi connectivity index (χ2v) is 9.89. The molecule has 2 N–H and O–H groups in total. The fraction of sp³-hybridized carbons (Fsp3) is 0.364. The summed E-state index contributed by atoms with van der Waals surface area (Å²) < 4.78 is 31.4. The highest BCUT2D eigenvalue weighted by atomic mass is 35.5. The van der Waals surface area contributed by atoms with Crippen LogP contribution in [0.4, 0.5) is 11.4 Å². The number of carbonyl (C=O) groups is 2. The van der Waals surface area contributed by atoms with Crippen molar-refractivity contribution in [3.05, 3.63) is 59.1 Å². The van der Waals surface area contributed by atoms with E-state index in [9.17, 15) is 18.0 Å². The lowest BCUT2D eigenvalue weighted by atomic mass is 10.1. The number of hydrogen-bond donors (Lipinski definition) is 2. The fourth-order valence-corrected chi connectivity index (χ4v) is 4.83. The molecule has 0 spiro atoms. The molecule has 172 valence electrons. The third-order valence-electron chi connectivity index (χ3n) is 5.11. The van der Waals surface area contributed by atoms with E-state index in [-0.39, 0.29) is 17.6 Å². The standard InChI is InChI=1S/C22H26ClN3O5S/c1-15(26(32(2,29)30)17-11-9-16(23)10-12-17)21(27)25-20-8-4-3-7-19(20)22(28)24-14-18-6-5-13-31-18/h3-4,7-12,15,18H,5-6,13-14H2,1-2H3,(H,24,28)(H,25,27)/t15-,18+/m0/s1. The lowest BCUT2D eigenvalue weighted by Crippen LogP contribution is -2.45. The molecular weight excluding hydrogens is 454 g/mol. The molecule has 0 unspecified atom stereocenters. The van der Waals surface area contributed by atoms with E-state index in [1.807, 2.05) is 0 Å². The third-order valence-corrected chi connectivity index (χ3v) is 6.61. The van der Waals surface area contributed by atoms with Gasteiger partial charge in [0.1, 0.15) is 6.04 Å². The highest BCUT2D eigenvalue weighted by molar-refractivity contribution is 7.92. The summed E-state index contributed by atoms with van der Waals surface area (Å²) >= 11 is 5.90. The van der Waals surface area contributed by atoms with Gasteiger partial charge in [0.25, 0.3) is 5.91 Å². The van der Waals surface area contributed by atoms with Crippen LogP contribution in [0.2, 0.25) is 5.02 Å². The fourth-order valence-electron chi connectivity index (χ4n) is 3.53. The molecule has 0 aromatic heterocycles. The molecule has 8 nitrogen and oxygen atoms in total. The first-order valence-corrected chi connectivity index (χ1v) is 12.4. The Hall–Kier alpha value is -2.62. The maximum absolute atomic E-state index is 13.0. The lowest BCUT2D eigenvalue weighted by Gasteiger charge is -2.28. The number of para-hydroxylation sites is 1. The van der Waals surface area contributed by atoms with Crippen molar-refractivity contribution in [2.45, 2.75) is 31.9 Å². The van der Waals surface area contributed by atoms with Crippen LogP contribution >= 0.6 is 11.6 Å². The van der Waals surface area contributed by atoms with Crippen LogP contribution in [0.1, 0.15) is 30.1 Å². The molecule has 2 atom stereocenters. The molecule has 10 heteroatoms. The topological polar surface area (TPSA) is 105 Å². The summed E-state index contributed by atoms with van der Waals surface area (Å²) in [6.45, 7) is 2.55. The van der Waals surface area contributed by atoms with Crippen LogP contribution in [0.25, 0.3) is 0 Å². The Labute approximate surface area is 192 Å². The van der Waals surface area contributed by atoms with E-state index in [4.69, 9.17) is 16.3 Å². The minimum atomic E-state index is -3.78. The number of rotatable bonds is 8. The quantitative estimate of drug-likeness (QED) is 0.605. The van der Waals surface area contributed by atoms with Gasteiger partial charge in [0.15, 0.2) is 0 Å².